The van der Waals surface area contributed by atoms with Crippen LogP contribution >= 0.6 is 7.81 Å². The van der Waals surface area contributed by atoms with E-state index >= 15 is 0 Å². The third-order valence-electron chi connectivity index (χ3n) is 4.25. The molecule has 4 nitrogen and oxygen atoms in total. The summed E-state index contributed by atoms with van der Waals surface area (Å²) in [4.78, 5) is 4.50. The van der Waals surface area contributed by atoms with E-state index in [1.54, 1.807) is 6.20 Å². The molecule has 0 unspecified atom stereocenters. The third kappa shape index (κ3) is 12.9. The molecule has 0 saturated carbocycles. The van der Waals surface area contributed by atoms with E-state index < -0.39 is 20.4 Å². The molecular formula is C18H28F9N4P. The molecule has 2 aromatic heterocycles. The molecule has 2 rings (SSSR count). The number of hydrogen-bond donors (Lipinski definition) is 0. The van der Waals surface area contributed by atoms with Crippen LogP contribution in [-0.4, -0.2) is 20.3 Å². The molecular weight excluding hydrogens is 474 g/mol. The summed E-state index contributed by atoms with van der Waals surface area (Å²) < 4.78 is 103. The summed E-state index contributed by atoms with van der Waals surface area (Å²) in [6.45, 7) is 6.32. The van der Waals surface area contributed by atoms with Gasteiger partial charge in [-0.1, -0.05) is 26.7 Å². The summed E-state index contributed by atoms with van der Waals surface area (Å²) in [6.07, 6.45) is 6.98. The van der Waals surface area contributed by atoms with Gasteiger partial charge in [-0.25, -0.2) is 14.1 Å². The summed E-state index contributed by atoms with van der Waals surface area (Å²) in [5, 5.41) is 0. The van der Waals surface area contributed by atoms with Gasteiger partial charge in [0.05, 0.1) is 13.1 Å². The average Bonchev–Trinajstić information content (AvgIpc) is 3.20. The number of nitrogens with zero attached hydrogens (tertiary/aromatic N) is 4. The van der Waals surface area contributed by atoms with Crippen molar-refractivity contribution in [1.29, 1.82) is 0 Å². The monoisotopic (exact) mass is 502 g/mol. The molecule has 2 aromatic rings. The van der Waals surface area contributed by atoms with Gasteiger partial charge in [0.25, 0.3) is 0 Å². The van der Waals surface area contributed by atoms with Gasteiger partial charge in [-0.2, -0.15) is 13.2 Å². The summed E-state index contributed by atoms with van der Waals surface area (Å²) in [5.74, 6) is 1.73. The van der Waals surface area contributed by atoms with Crippen molar-refractivity contribution in [2.45, 2.75) is 78.2 Å². The van der Waals surface area contributed by atoms with Crippen LogP contribution in [0.25, 0.3) is 11.6 Å². The number of imidazole rings is 2. The first kappa shape index (κ1) is 28.3. The molecule has 0 spiro atoms. The van der Waals surface area contributed by atoms with Crippen LogP contribution in [0.3, 0.4) is 0 Å². The number of aromatic nitrogens is 4. The van der Waals surface area contributed by atoms with Gasteiger partial charge < -0.3 is 4.57 Å². The van der Waals surface area contributed by atoms with E-state index in [2.05, 4.69) is 28.0 Å². The van der Waals surface area contributed by atoms with Crippen molar-refractivity contribution in [2.24, 2.45) is 0 Å². The molecule has 188 valence electrons. The third-order valence-corrected chi connectivity index (χ3v) is 4.25. The van der Waals surface area contributed by atoms with Gasteiger partial charge in [0, 0.05) is 25.4 Å². The van der Waals surface area contributed by atoms with Crippen LogP contribution in [-0.2, 0) is 19.6 Å². The molecule has 0 atom stereocenters. The molecule has 0 N–H and O–H groups in total. The second-order valence-electron chi connectivity index (χ2n) is 7.34. The molecule has 0 amide bonds. The first-order valence-corrected chi connectivity index (χ1v) is 12.2. The Morgan fingerprint density at radius 1 is 0.875 bits per heavy atom. The van der Waals surface area contributed by atoms with Crippen molar-refractivity contribution in [2.75, 3.05) is 0 Å². The summed E-state index contributed by atoms with van der Waals surface area (Å²) in [5.41, 5.74) is 0. The van der Waals surface area contributed by atoms with Crippen LogP contribution in [0.5, 0.6) is 0 Å². The molecule has 0 saturated heterocycles. The standard InChI is InChI=1S/C18H28F3N4.F6P/c1-3-5-10-23-13-9-22-16(23)17-24(11-6-4-2)14-15-25(17)12-7-8-18(19,20)21;1-7(2,3,4,5)6/h9,13-15H,3-8,10-12H2,1-2H3;/q+1;-1. The van der Waals surface area contributed by atoms with Gasteiger partial charge in [0.2, 0.25) is 5.82 Å². The number of rotatable bonds is 10. The van der Waals surface area contributed by atoms with Crippen LogP contribution in [0.1, 0.15) is 52.4 Å². The first-order valence-electron chi connectivity index (χ1n) is 10.1. The van der Waals surface area contributed by atoms with Gasteiger partial charge in [0.15, 0.2) is 0 Å². The molecule has 32 heavy (non-hydrogen) atoms. The fraction of sp³-hybridized carbons (Fsp3) is 0.667. The van der Waals surface area contributed by atoms with Crippen LogP contribution < -0.4 is 4.57 Å². The second kappa shape index (κ2) is 10.0. The second-order valence-corrected chi connectivity index (χ2v) is 9.25. The van der Waals surface area contributed by atoms with E-state index in [1.165, 1.54) is 0 Å². The number of alkyl halides is 3. The molecule has 0 aliphatic heterocycles. The van der Waals surface area contributed by atoms with Crippen molar-refractivity contribution in [3.8, 4) is 11.6 Å². The molecule has 0 fully saturated rings. The zero-order valence-electron chi connectivity index (χ0n) is 17.8. The van der Waals surface area contributed by atoms with E-state index in [0.717, 1.165) is 50.4 Å². The molecule has 0 aliphatic rings. The zero-order valence-corrected chi connectivity index (χ0v) is 18.7. The Morgan fingerprint density at radius 2 is 1.41 bits per heavy atom. The SMILES string of the molecule is CCCCn1ccnc1-c1n(CCCC)cc[n+]1CCCC(F)(F)F.F[P-](F)(F)(F)(F)F. The van der Waals surface area contributed by atoms with Gasteiger partial charge in [0.1, 0.15) is 12.4 Å². The maximum absolute atomic E-state index is 12.5. The van der Waals surface area contributed by atoms with Gasteiger partial charge in [-0.3, -0.25) is 0 Å². The molecule has 2 heterocycles. The zero-order chi connectivity index (χ0) is 24.7. The predicted molar refractivity (Wildman–Crippen MR) is 105 cm³/mol. The Hall–Kier alpha value is -1.78. The first-order chi connectivity index (χ1) is 14.4. The average molecular weight is 502 g/mol. The summed E-state index contributed by atoms with van der Waals surface area (Å²) >= 11 is 0. The quantitative estimate of drug-likeness (QED) is 0.184. The molecule has 0 aromatic carbocycles. The van der Waals surface area contributed by atoms with E-state index in [-0.39, 0.29) is 6.42 Å². The Kier molecular flexibility index (Phi) is 8.84. The predicted octanol–water partition coefficient (Wildman–Crippen LogP) is 7.96. The number of hydrogen-bond acceptors (Lipinski definition) is 1. The van der Waals surface area contributed by atoms with Gasteiger partial charge in [-0.15, -0.1) is 0 Å². The van der Waals surface area contributed by atoms with Gasteiger partial charge in [-0.05, 0) is 19.3 Å². The van der Waals surface area contributed by atoms with E-state index in [0.29, 0.717) is 6.54 Å². The number of aryl methyl sites for hydroxylation is 3. The minimum absolute atomic E-state index is 0.0780. The summed E-state index contributed by atoms with van der Waals surface area (Å²) in [7, 11) is -10.7. The van der Waals surface area contributed by atoms with Crippen LogP contribution in [0.15, 0.2) is 24.8 Å². The van der Waals surface area contributed by atoms with Gasteiger partial charge >= 0.3 is 45.0 Å². The minimum atomic E-state index is -10.7. The molecule has 0 aliphatic carbocycles. The van der Waals surface area contributed by atoms with E-state index in [9.17, 15) is 38.4 Å². The maximum atomic E-state index is 12.5. The van der Waals surface area contributed by atoms with Crippen LogP contribution in [0.4, 0.5) is 38.4 Å². The number of halogens is 9. The Labute approximate surface area is 180 Å². The molecule has 0 radical (unpaired) electrons. The van der Waals surface area contributed by atoms with E-state index in [1.807, 2.05) is 23.2 Å². The Bertz CT molecular complexity index is 828. The van der Waals surface area contributed by atoms with Crippen LogP contribution in [0, 0.1) is 0 Å². The van der Waals surface area contributed by atoms with Crippen molar-refractivity contribution in [3.05, 3.63) is 24.8 Å². The topological polar surface area (TPSA) is 26.6 Å². The van der Waals surface area contributed by atoms with Crippen molar-refractivity contribution in [3.63, 3.8) is 0 Å². The van der Waals surface area contributed by atoms with E-state index in [4.69, 9.17) is 0 Å². The summed E-state index contributed by atoms with van der Waals surface area (Å²) in [6, 6.07) is 0. The molecule has 0 bridgehead atoms. The Morgan fingerprint density at radius 3 is 1.91 bits per heavy atom. The molecule has 14 heteroatoms. The Balaban J connectivity index is 0.000000633. The van der Waals surface area contributed by atoms with Crippen LogP contribution in [0.2, 0.25) is 0 Å². The van der Waals surface area contributed by atoms with Crippen molar-refractivity contribution < 1.29 is 42.9 Å². The fourth-order valence-electron chi connectivity index (χ4n) is 2.89. The van der Waals surface area contributed by atoms with Crippen molar-refractivity contribution >= 4 is 7.81 Å². The fourth-order valence-corrected chi connectivity index (χ4v) is 2.89. The van der Waals surface area contributed by atoms with Crippen molar-refractivity contribution in [1.82, 2.24) is 14.1 Å². The number of unbranched alkanes of at least 4 members (excludes halogenated alkanes) is 2. The normalized spacial score (nSPS) is 14.5.